The van der Waals surface area contributed by atoms with Gasteiger partial charge in [-0.05, 0) is 12.8 Å². The van der Waals surface area contributed by atoms with Gasteiger partial charge >= 0.3 is 0 Å². The highest BCUT2D eigenvalue weighted by Crippen LogP contribution is 2.19. The molecular formula is C10H21N3O3S. The first-order valence-corrected chi connectivity index (χ1v) is 7.60. The number of morpholine rings is 1. The van der Waals surface area contributed by atoms with E-state index in [0.29, 0.717) is 39.4 Å². The highest BCUT2D eigenvalue weighted by Gasteiger charge is 2.36. The summed E-state index contributed by atoms with van der Waals surface area (Å²) < 4.78 is 33.3. The van der Waals surface area contributed by atoms with Crippen LogP contribution in [0.5, 0.6) is 0 Å². The fraction of sp³-hybridized carbons (Fsp3) is 1.00. The lowest BCUT2D eigenvalue weighted by molar-refractivity contribution is 0.0326. The molecule has 0 amide bonds. The average molecular weight is 263 g/mol. The van der Waals surface area contributed by atoms with Gasteiger partial charge in [0.25, 0.3) is 10.2 Å². The Morgan fingerprint density at radius 3 is 2.53 bits per heavy atom. The molecule has 0 aromatic rings. The summed E-state index contributed by atoms with van der Waals surface area (Å²) in [7, 11) is -3.34. The zero-order valence-electron chi connectivity index (χ0n) is 10.0. The molecule has 7 heteroatoms. The number of hydrogen-bond acceptors (Lipinski definition) is 4. The normalized spacial score (nSPS) is 29.4. The second-order valence-electron chi connectivity index (χ2n) is 4.54. The SMILES string of the molecule is NCC1COCCN1S(=O)(=O)N1CCCCC1. The van der Waals surface area contributed by atoms with Gasteiger partial charge in [-0.3, -0.25) is 0 Å². The third kappa shape index (κ3) is 2.79. The quantitative estimate of drug-likeness (QED) is 0.736. The molecule has 0 aliphatic carbocycles. The Morgan fingerprint density at radius 1 is 1.18 bits per heavy atom. The maximum atomic E-state index is 12.5. The van der Waals surface area contributed by atoms with E-state index in [0.717, 1.165) is 19.3 Å². The van der Waals surface area contributed by atoms with E-state index in [2.05, 4.69) is 0 Å². The summed E-state index contributed by atoms with van der Waals surface area (Å²) >= 11 is 0. The lowest BCUT2D eigenvalue weighted by Gasteiger charge is -2.38. The van der Waals surface area contributed by atoms with Crippen LogP contribution >= 0.6 is 0 Å². The van der Waals surface area contributed by atoms with Gasteiger partial charge in [-0.2, -0.15) is 17.0 Å². The van der Waals surface area contributed by atoms with E-state index in [-0.39, 0.29) is 6.04 Å². The van der Waals surface area contributed by atoms with E-state index in [9.17, 15) is 8.42 Å². The van der Waals surface area contributed by atoms with E-state index in [1.165, 1.54) is 4.31 Å². The minimum atomic E-state index is -3.34. The van der Waals surface area contributed by atoms with Crippen molar-refractivity contribution in [3.05, 3.63) is 0 Å². The third-order valence-electron chi connectivity index (χ3n) is 3.38. The van der Waals surface area contributed by atoms with E-state index in [1.807, 2.05) is 0 Å². The van der Waals surface area contributed by atoms with Crippen molar-refractivity contribution >= 4 is 10.2 Å². The largest absolute Gasteiger partial charge is 0.378 e. The second kappa shape index (κ2) is 5.62. The Balaban J connectivity index is 2.11. The van der Waals surface area contributed by atoms with Crippen LogP contribution in [0, 0.1) is 0 Å². The molecule has 100 valence electrons. The van der Waals surface area contributed by atoms with Crippen molar-refractivity contribution in [2.45, 2.75) is 25.3 Å². The van der Waals surface area contributed by atoms with Crippen LogP contribution in [-0.4, -0.2) is 62.5 Å². The van der Waals surface area contributed by atoms with Gasteiger partial charge in [0.15, 0.2) is 0 Å². The topological polar surface area (TPSA) is 75.9 Å². The Hall–Kier alpha value is -0.210. The van der Waals surface area contributed by atoms with E-state index in [4.69, 9.17) is 10.5 Å². The average Bonchev–Trinajstić information content (AvgIpc) is 2.39. The highest BCUT2D eigenvalue weighted by molar-refractivity contribution is 7.86. The van der Waals surface area contributed by atoms with Crippen LogP contribution in [0.15, 0.2) is 0 Å². The lowest BCUT2D eigenvalue weighted by atomic mass is 10.2. The summed E-state index contributed by atoms with van der Waals surface area (Å²) in [5.41, 5.74) is 5.62. The number of hydrogen-bond donors (Lipinski definition) is 1. The number of piperidine rings is 1. The minimum absolute atomic E-state index is 0.212. The van der Waals surface area contributed by atoms with Crippen LogP contribution < -0.4 is 5.73 Å². The Labute approximate surface area is 103 Å². The lowest BCUT2D eigenvalue weighted by Crippen LogP contribution is -2.56. The molecule has 2 fully saturated rings. The molecule has 2 aliphatic heterocycles. The molecule has 17 heavy (non-hydrogen) atoms. The van der Waals surface area contributed by atoms with Gasteiger partial charge in [0.05, 0.1) is 19.3 Å². The maximum absolute atomic E-state index is 12.5. The number of ether oxygens (including phenoxy) is 1. The van der Waals surface area contributed by atoms with Crippen molar-refractivity contribution in [3.8, 4) is 0 Å². The zero-order chi connectivity index (χ0) is 12.3. The second-order valence-corrected chi connectivity index (χ2v) is 6.42. The summed E-state index contributed by atoms with van der Waals surface area (Å²) in [5.74, 6) is 0. The van der Waals surface area contributed by atoms with E-state index < -0.39 is 10.2 Å². The van der Waals surface area contributed by atoms with Crippen molar-refractivity contribution in [2.24, 2.45) is 5.73 Å². The molecule has 1 unspecified atom stereocenters. The van der Waals surface area contributed by atoms with Gasteiger partial charge in [0, 0.05) is 26.2 Å². The predicted octanol–water partition coefficient (Wildman–Crippen LogP) is -0.623. The van der Waals surface area contributed by atoms with Crippen LogP contribution in [-0.2, 0) is 14.9 Å². The molecule has 0 aromatic heterocycles. The number of rotatable bonds is 3. The van der Waals surface area contributed by atoms with Crippen molar-refractivity contribution in [3.63, 3.8) is 0 Å². The summed E-state index contributed by atoms with van der Waals surface area (Å²) in [6.07, 6.45) is 3.03. The Bertz CT molecular complexity index is 341. The highest BCUT2D eigenvalue weighted by atomic mass is 32.2. The van der Waals surface area contributed by atoms with Crippen molar-refractivity contribution < 1.29 is 13.2 Å². The molecule has 2 rings (SSSR count). The molecule has 0 aromatic carbocycles. The molecule has 1 atom stereocenters. The minimum Gasteiger partial charge on any atom is -0.378 e. The fourth-order valence-electron chi connectivity index (χ4n) is 2.37. The van der Waals surface area contributed by atoms with Crippen LogP contribution in [0.2, 0.25) is 0 Å². The smallest absolute Gasteiger partial charge is 0.282 e. The molecule has 0 saturated carbocycles. The van der Waals surface area contributed by atoms with Gasteiger partial charge in [-0.15, -0.1) is 0 Å². The first-order valence-electron chi connectivity index (χ1n) is 6.21. The first-order chi connectivity index (χ1) is 8.16. The van der Waals surface area contributed by atoms with E-state index >= 15 is 0 Å². The predicted molar refractivity (Wildman–Crippen MR) is 64.7 cm³/mol. The summed E-state index contributed by atoms with van der Waals surface area (Å²) in [5, 5.41) is 0. The van der Waals surface area contributed by atoms with Crippen LogP contribution in [0.25, 0.3) is 0 Å². The van der Waals surface area contributed by atoms with E-state index in [1.54, 1.807) is 4.31 Å². The zero-order valence-corrected chi connectivity index (χ0v) is 10.9. The van der Waals surface area contributed by atoms with Gasteiger partial charge in [0.2, 0.25) is 0 Å². The summed E-state index contributed by atoms with van der Waals surface area (Å²) in [6, 6.07) is -0.212. The Kier molecular flexibility index (Phi) is 4.37. The molecular weight excluding hydrogens is 242 g/mol. The number of nitrogens with zero attached hydrogens (tertiary/aromatic N) is 2. The Morgan fingerprint density at radius 2 is 1.88 bits per heavy atom. The van der Waals surface area contributed by atoms with Gasteiger partial charge in [-0.25, -0.2) is 0 Å². The van der Waals surface area contributed by atoms with Crippen LogP contribution in [0.4, 0.5) is 0 Å². The van der Waals surface area contributed by atoms with Crippen LogP contribution in [0.3, 0.4) is 0 Å². The van der Waals surface area contributed by atoms with Gasteiger partial charge in [-0.1, -0.05) is 6.42 Å². The molecule has 0 spiro atoms. The third-order valence-corrected chi connectivity index (χ3v) is 5.47. The monoisotopic (exact) mass is 263 g/mol. The molecule has 2 aliphatic rings. The molecule has 0 bridgehead atoms. The summed E-state index contributed by atoms with van der Waals surface area (Å²) in [4.78, 5) is 0. The molecule has 6 nitrogen and oxygen atoms in total. The van der Waals surface area contributed by atoms with Gasteiger partial charge in [0.1, 0.15) is 0 Å². The van der Waals surface area contributed by atoms with Crippen molar-refractivity contribution in [1.29, 1.82) is 0 Å². The number of nitrogens with two attached hydrogens (primary N) is 1. The van der Waals surface area contributed by atoms with Crippen molar-refractivity contribution in [1.82, 2.24) is 8.61 Å². The van der Waals surface area contributed by atoms with Crippen LogP contribution in [0.1, 0.15) is 19.3 Å². The molecule has 2 N–H and O–H groups in total. The molecule has 2 saturated heterocycles. The summed E-state index contributed by atoms with van der Waals surface area (Å²) in [6.45, 7) is 2.87. The van der Waals surface area contributed by atoms with Gasteiger partial charge < -0.3 is 10.5 Å². The fourth-order valence-corrected chi connectivity index (χ4v) is 4.22. The molecule has 2 heterocycles. The standard InChI is InChI=1S/C10H21N3O3S/c11-8-10-9-16-7-6-13(10)17(14,15)12-4-2-1-3-5-12/h10H,1-9,11H2. The maximum Gasteiger partial charge on any atom is 0.282 e. The molecule has 0 radical (unpaired) electrons. The first kappa shape index (κ1) is 13.2. The van der Waals surface area contributed by atoms with Crippen molar-refractivity contribution in [2.75, 3.05) is 39.4 Å².